The molecule has 1 aliphatic heterocycles. The summed E-state index contributed by atoms with van der Waals surface area (Å²) >= 11 is 0. The number of hydrogen-bond donors (Lipinski definition) is 0. The van der Waals surface area contributed by atoms with Crippen LogP contribution in [0.3, 0.4) is 0 Å². The van der Waals surface area contributed by atoms with Gasteiger partial charge in [-0.25, -0.2) is 17.4 Å². The number of nitrogens with zero attached hydrogens (tertiary/aromatic N) is 5. The standard InChI is InChI=1S/C24H24F3N5O3S/c1-3-16-14-31(21(33)11-24(25,26)27)15-20(16)30(2)22-17(12-28)13-29-23-19(22)9-10-32(23)36(34,35)18-7-5-4-6-8-18/h4-10,13,16,20H,3,11,14-15H2,1-2H3. The van der Waals surface area contributed by atoms with Crippen LogP contribution in [-0.4, -0.2) is 60.5 Å². The highest BCUT2D eigenvalue weighted by Gasteiger charge is 2.41. The fourth-order valence-corrected chi connectivity index (χ4v) is 6.08. The van der Waals surface area contributed by atoms with Crippen molar-refractivity contribution in [2.24, 2.45) is 5.92 Å². The topological polar surface area (TPSA) is 99.3 Å². The second-order valence-electron chi connectivity index (χ2n) is 8.74. The predicted molar refractivity (Wildman–Crippen MR) is 127 cm³/mol. The summed E-state index contributed by atoms with van der Waals surface area (Å²) in [5.41, 5.74) is 0.726. The monoisotopic (exact) mass is 519 g/mol. The van der Waals surface area contributed by atoms with E-state index < -0.39 is 28.5 Å². The molecular weight excluding hydrogens is 495 g/mol. The van der Waals surface area contributed by atoms with Gasteiger partial charge in [-0.3, -0.25) is 4.79 Å². The Labute approximate surface area is 206 Å². The van der Waals surface area contributed by atoms with E-state index in [1.807, 2.05) is 6.92 Å². The second kappa shape index (κ2) is 9.46. The van der Waals surface area contributed by atoms with Crippen molar-refractivity contribution in [3.63, 3.8) is 0 Å². The minimum atomic E-state index is -4.60. The average molecular weight is 520 g/mol. The van der Waals surface area contributed by atoms with Crippen LogP contribution in [0.5, 0.6) is 0 Å². The lowest BCUT2D eigenvalue weighted by atomic mass is 9.98. The normalized spacial score (nSPS) is 18.4. The fraction of sp³-hybridized carbons (Fsp3) is 0.375. The molecule has 2 unspecified atom stereocenters. The summed E-state index contributed by atoms with van der Waals surface area (Å²) in [6.45, 7) is 2.11. The lowest BCUT2D eigenvalue weighted by molar-refractivity contribution is -0.160. The summed E-state index contributed by atoms with van der Waals surface area (Å²) < 4.78 is 65.9. The first-order valence-corrected chi connectivity index (χ1v) is 12.7. The van der Waals surface area contributed by atoms with E-state index in [-0.39, 0.29) is 41.2 Å². The molecule has 0 bridgehead atoms. The van der Waals surface area contributed by atoms with Gasteiger partial charge in [-0.1, -0.05) is 25.1 Å². The van der Waals surface area contributed by atoms with E-state index in [1.54, 1.807) is 36.2 Å². The quantitative estimate of drug-likeness (QED) is 0.492. The maximum absolute atomic E-state index is 13.2. The molecule has 2 aromatic heterocycles. The van der Waals surface area contributed by atoms with Gasteiger partial charge in [0.05, 0.1) is 22.2 Å². The van der Waals surface area contributed by atoms with Gasteiger partial charge in [0.2, 0.25) is 5.91 Å². The summed E-state index contributed by atoms with van der Waals surface area (Å²) in [7, 11) is -2.26. The minimum absolute atomic E-state index is 0.0572. The number of alkyl halides is 3. The van der Waals surface area contributed by atoms with Gasteiger partial charge in [-0.2, -0.15) is 18.4 Å². The number of anilines is 1. The molecule has 1 amide bonds. The van der Waals surface area contributed by atoms with Crippen LogP contribution >= 0.6 is 0 Å². The van der Waals surface area contributed by atoms with Crippen molar-refractivity contribution in [3.8, 4) is 6.07 Å². The highest BCUT2D eigenvalue weighted by Crippen LogP contribution is 2.36. The number of pyridine rings is 1. The van der Waals surface area contributed by atoms with Crippen LogP contribution in [0.15, 0.2) is 53.7 Å². The Balaban J connectivity index is 1.75. The number of amides is 1. The number of halogens is 3. The molecule has 0 N–H and O–H groups in total. The first-order valence-electron chi connectivity index (χ1n) is 11.3. The van der Waals surface area contributed by atoms with Gasteiger partial charge in [0.1, 0.15) is 12.5 Å². The molecule has 1 saturated heterocycles. The Bertz CT molecular complexity index is 1430. The second-order valence-corrected chi connectivity index (χ2v) is 10.6. The highest BCUT2D eigenvalue weighted by molar-refractivity contribution is 7.90. The number of rotatable bonds is 6. The van der Waals surface area contributed by atoms with Crippen molar-refractivity contribution in [2.45, 2.75) is 36.9 Å². The number of hydrogen-bond acceptors (Lipinski definition) is 6. The van der Waals surface area contributed by atoms with Crippen LogP contribution in [0.2, 0.25) is 0 Å². The molecule has 4 rings (SSSR count). The van der Waals surface area contributed by atoms with Gasteiger partial charge in [0, 0.05) is 37.9 Å². The molecule has 1 aromatic carbocycles. The van der Waals surface area contributed by atoms with E-state index in [9.17, 15) is 31.6 Å². The molecule has 0 radical (unpaired) electrons. The number of nitriles is 1. The smallest absolute Gasteiger partial charge is 0.368 e. The molecule has 36 heavy (non-hydrogen) atoms. The van der Waals surface area contributed by atoms with Crippen LogP contribution < -0.4 is 4.90 Å². The van der Waals surface area contributed by atoms with Crippen LogP contribution in [0, 0.1) is 17.2 Å². The maximum Gasteiger partial charge on any atom is 0.397 e. The molecule has 1 aliphatic rings. The number of carbonyl (C=O) groups excluding carboxylic acids is 1. The van der Waals surface area contributed by atoms with Gasteiger partial charge in [-0.05, 0) is 30.5 Å². The number of aromatic nitrogens is 2. The molecule has 2 atom stereocenters. The SMILES string of the molecule is CCC1CN(C(=O)CC(F)(F)F)CC1N(C)c1c(C#N)cnc2c1ccn2S(=O)(=O)c1ccccc1. The highest BCUT2D eigenvalue weighted by atomic mass is 32.2. The van der Waals surface area contributed by atoms with Crippen LogP contribution in [0.4, 0.5) is 18.9 Å². The zero-order valence-electron chi connectivity index (χ0n) is 19.6. The molecule has 12 heteroatoms. The lowest BCUT2D eigenvalue weighted by Crippen LogP contribution is -2.40. The summed E-state index contributed by atoms with van der Waals surface area (Å²) in [4.78, 5) is 19.5. The van der Waals surface area contributed by atoms with Gasteiger partial charge in [0.25, 0.3) is 10.0 Å². The first-order chi connectivity index (χ1) is 17.0. The molecule has 3 aromatic rings. The van der Waals surface area contributed by atoms with E-state index in [2.05, 4.69) is 11.1 Å². The summed E-state index contributed by atoms with van der Waals surface area (Å²) in [5.74, 6) is -1.13. The molecule has 8 nitrogen and oxygen atoms in total. The van der Waals surface area contributed by atoms with E-state index in [0.717, 1.165) is 3.97 Å². The molecule has 190 valence electrons. The minimum Gasteiger partial charge on any atom is -0.368 e. The number of likely N-dealkylation sites (N-methyl/N-ethyl adjacent to an activating group) is 1. The number of fused-ring (bicyclic) bond motifs is 1. The van der Waals surface area contributed by atoms with Crippen molar-refractivity contribution in [1.29, 1.82) is 5.26 Å². The Kier molecular flexibility index (Phi) is 6.70. The Hall–Kier alpha value is -3.59. The third-order valence-corrected chi connectivity index (χ3v) is 8.24. The van der Waals surface area contributed by atoms with E-state index >= 15 is 0 Å². The van der Waals surface area contributed by atoms with Crippen molar-refractivity contribution >= 4 is 32.7 Å². The molecule has 0 aliphatic carbocycles. The Morgan fingerprint density at radius 3 is 2.53 bits per heavy atom. The largest absolute Gasteiger partial charge is 0.397 e. The predicted octanol–water partition coefficient (Wildman–Crippen LogP) is 3.77. The van der Waals surface area contributed by atoms with Crippen molar-refractivity contribution in [2.75, 3.05) is 25.0 Å². The fourth-order valence-electron chi connectivity index (χ4n) is 4.76. The van der Waals surface area contributed by atoms with Crippen LogP contribution in [0.1, 0.15) is 25.3 Å². The summed E-state index contributed by atoms with van der Waals surface area (Å²) in [6.07, 6.45) is -2.87. The average Bonchev–Trinajstić information content (AvgIpc) is 3.47. The lowest BCUT2D eigenvalue weighted by Gasteiger charge is -2.31. The Morgan fingerprint density at radius 1 is 1.22 bits per heavy atom. The number of benzene rings is 1. The van der Waals surface area contributed by atoms with E-state index in [1.165, 1.54) is 29.4 Å². The van der Waals surface area contributed by atoms with Crippen molar-refractivity contribution in [1.82, 2.24) is 13.9 Å². The molecule has 3 heterocycles. The van der Waals surface area contributed by atoms with Crippen molar-refractivity contribution < 1.29 is 26.4 Å². The third kappa shape index (κ3) is 4.63. The van der Waals surface area contributed by atoms with Crippen LogP contribution in [0.25, 0.3) is 11.0 Å². The van der Waals surface area contributed by atoms with Gasteiger partial charge >= 0.3 is 6.18 Å². The number of carbonyl (C=O) groups is 1. The van der Waals surface area contributed by atoms with E-state index in [4.69, 9.17) is 0 Å². The van der Waals surface area contributed by atoms with Crippen molar-refractivity contribution in [3.05, 3.63) is 54.4 Å². The van der Waals surface area contributed by atoms with E-state index in [0.29, 0.717) is 17.5 Å². The maximum atomic E-state index is 13.2. The molecule has 0 saturated carbocycles. The number of likely N-dealkylation sites (tertiary alicyclic amines) is 1. The summed E-state index contributed by atoms with van der Waals surface area (Å²) in [6, 6.07) is 11.1. The van der Waals surface area contributed by atoms with Gasteiger partial charge < -0.3 is 9.80 Å². The third-order valence-electron chi connectivity index (χ3n) is 6.56. The van der Waals surface area contributed by atoms with Gasteiger partial charge in [-0.15, -0.1) is 0 Å². The first kappa shape index (κ1) is 25.5. The molecular formula is C24H24F3N5O3S. The zero-order valence-corrected chi connectivity index (χ0v) is 20.4. The summed E-state index contributed by atoms with van der Waals surface area (Å²) in [5, 5.41) is 10.2. The zero-order chi connectivity index (χ0) is 26.3. The molecule has 0 spiro atoms. The van der Waals surface area contributed by atoms with Crippen LogP contribution in [-0.2, 0) is 14.8 Å². The molecule has 1 fully saturated rings. The Morgan fingerprint density at radius 2 is 1.92 bits per heavy atom. The van der Waals surface area contributed by atoms with Gasteiger partial charge in [0.15, 0.2) is 5.65 Å².